The number of hydrogen-bond donors (Lipinski definition) is 2. The first-order chi connectivity index (χ1) is 12.4. The van der Waals surface area contributed by atoms with Crippen LogP contribution >= 0.6 is 23.5 Å². The van der Waals surface area contributed by atoms with Gasteiger partial charge in [0, 0.05) is 22.9 Å². The van der Waals surface area contributed by atoms with Crippen LogP contribution in [-0.4, -0.2) is 24.6 Å². The molecule has 1 heterocycles. The fraction of sp³-hybridized carbons (Fsp3) is 0.429. The maximum atomic E-state index is 3.60. The van der Waals surface area contributed by atoms with Gasteiger partial charge in [0.25, 0.3) is 0 Å². The SMILES string of the molecule is c1ccc2c(c1)CNCCCNCc1ccccc1SCCCCS2. The third-order valence-electron chi connectivity index (χ3n) is 4.34. The van der Waals surface area contributed by atoms with Gasteiger partial charge in [0.1, 0.15) is 0 Å². The monoisotopic (exact) mass is 372 g/mol. The summed E-state index contributed by atoms with van der Waals surface area (Å²) in [5, 5.41) is 7.19. The van der Waals surface area contributed by atoms with Crippen LogP contribution in [0.3, 0.4) is 0 Å². The molecule has 0 aliphatic carbocycles. The minimum atomic E-state index is 0.974. The Morgan fingerprint density at radius 1 is 0.600 bits per heavy atom. The third kappa shape index (κ3) is 6.37. The largest absolute Gasteiger partial charge is 0.313 e. The minimum absolute atomic E-state index is 0.974. The number of thioether (sulfide) groups is 2. The van der Waals surface area contributed by atoms with Crippen LogP contribution in [0.2, 0.25) is 0 Å². The Kier molecular flexibility index (Phi) is 8.23. The van der Waals surface area contributed by atoms with E-state index in [2.05, 4.69) is 59.2 Å². The standard InChI is InChI=1S/C21H28N2S2/c1-3-10-20-18(8-1)16-22-12-7-13-23-17-19-9-2-4-11-21(19)25-15-6-5-14-24-20/h1-4,8-11,22-23H,5-7,12-17H2. The molecule has 0 spiro atoms. The van der Waals surface area contributed by atoms with Crippen molar-refractivity contribution in [1.29, 1.82) is 0 Å². The van der Waals surface area contributed by atoms with E-state index in [0.717, 1.165) is 32.6 Å². The molecule has 1 aliphatic rings. The number of hydrogen-bond acceptors (Lipinski definition) is 4. The lowest BCUT2D eigenvalue weighted by Gasteiger charge is -2.11. The summed E-state index contributed by atoms with van der Waals surface area (Å²) in [7, 11) is 0. The second-order valence-electron chi connectivity index (χ2n) is 6.33. The third-order valence-corrected chi connectivity index (χ3v) is 6.74. The van der Waals surface area contributed by atoms with Crippen molar-refractivity contribution in [3.05, 3.63) is 59.7 Å². The van der Waals surface area contributed by atoms with E-state index in [0.29, 0.717) is 0 Å². The Labute approximate surface area is 160 Å². The maximum Gasteiger partial charge on any atom is 0.0216 e. The number of rotatable bonds is 0. The van der Waals surface area contributed by atoms with Crippen molar-refractivity contribution in [2.24, 2.45) is 0 Å². The van der Waals surface area contributed by atoms with Crippen molar-refractivity contribution in [3.63, 3.8) is 0 Å². The molecule has 25 heavy (non-hydrogen) atoms. The predicted octanol–water partition coefficient (Wildman–Crippen LogP) is 4.93. The second-order valence-corrected chi connectivity index (χ2v) is 8.60. The van der Waals surface area contributed by atoms with Gasteiger partial charge in [-0.3, -0.25) is 0 Å². The lowest BCUT2D eigenvalue weighted by Crippen LogP contribution is -2.22. The summed E-state index contributed by atoms with van der Waals surface area (Å²) < 4.78 is 0. The van der Waals surface area contributed by atoms with Gasteiger partial charge in [-0.2, -0.15) is 0 Å². The molecule has 0 saturated carbocycles. The maximum absolute atomic E-state index is 3.60. The lowest BCUT2D eigenvalue weighted by molar-refractivity contribution is 0.591. The Bertz CT molecular complexity index is 590. The van der Waals surface area contributed by atoms with Gasteiger partial charge >= 0.3 is 0 Å². The molecule has 1 aliphatic heterocycles. The number of nitrogens with one attached hydrogen (secondary N) is 2. The molecule has 134 valence electrons. The molecule has 0 unspecified atom stereocenters. The van der Waals surface area contributed by atoms with Gasteiger partial charge in [-0.05, 0) is 67.1 Å². The molecule has 4 heteroatoms. The summed E-state index contributed by atoms with van der Waals surface area (Å²) in [5.74, 6) is 2.42. The highest BCUT2D eigenvalue weighted by molar-refractivity contribution is 7.99. The highest BCUT2D eigenvalue weighted by Crippen LogP contribution is 2.26. The highest BCUT2D eigenvalue weighted by Gasteiger charge is 2.05. The van der Waals surface area contributed by atoms with E-state index in [9.17, 15) is 0 Å². The summed E-state index contributed by atoms with van der Waals surface area (Å²) in [6.07, 6.45) is 3.71. The van der Waals surface area contributed by atoms with Crippen molar-refractivity contribution in [1.82, 2.24) is 10.6 Å². The molecular formula is C21H28N2S2. The van der Waals surface area contributed by atoms with E-state index in [1.54, 1.807) is 0 Å². The number of fused-ring (bicyclic) bond motifs is 2. The van der Waals surface area contributed by atoms with E-state index >= 15 is 0 Å². The van der Waals surface area contributed by atoms with Crippen LogP contribution in [-0.2, 0) is 13.1 Å². The van der Waals surface area contributed by atoms with Crippen molar-refractivity contribution in [2.75, 3.05) is 24.6 Å². The van der Waals surface area contributed by atoms with Gasteiger partial charge in [-0.25, -0.2) is 0 Å². The van der Waals surface area contributed by atoms with E-state index in [-0.39, 0.29) is 0 Å². The van der Waals surface area contributed by atoms with Crippen molar-refractivity contribution < 1.29 is 0 Å². The summed E-state index contributed by atoms with van der Waals surface area (Å²) in [4.78, 5) is 2.88. The molecule has 0 radical (unpaired) electrons. The molecule has 2 nitrogen and oxygen atoms in total. The molecular weight excluding hydrogens is 344 g/mol. The van der Waals surface area contributed by atoms with Crippen LogP contribution in [0.4, 0.5) is 0 Å². The molecule has 0 fully saturated rings. The molecule has 0 bridgehead atoms. The first-order valence-electron chi connectivity index (χ1n) is 9.26. The van der Waals surface area contributed by atoms with Gasteiger partial charge in [0.05, 0.1) is 0 Å². The van der Waals surface area contributed by atoms with Crippen LogP contribution in [0, 0.1) is 0 Å². The predicted molar refractivity (Wildman–Crippen MR) is 112 cm³/mol. The molecule has 0 atom stereocenters. The van der Waals surface area contributed by atoms with E-state index in [1.165, 1.54) is 45.3 Å². The summed E-state index contributed by atoms with van der Waals surface area (Å²) >= 11 is 4.02. The molecule has 0 amide bonds. The van der Waals surface area contributed by atoms with Gasteiger partial charge in [0.15, 0.2) is 0 Å². The van der Waals surface area contributed by atoms with Gasteiger partial charge < -0.3 is 10.6 Å². The first-order valence-corrected chi connectivity index (χ1v) is 11.2. The fourth-order valence-electron chi connectivity index (χ4n) is 2.93. The van der Waals surface area contributed by atoms with E-state index < -0.39 is 0 Å². The van der Waals surface area contributed by atoms with Crippen LogP contribution in [0.5, 0.6) is 0 Å². The second kappa shape index (κ2) is 10.9. The average Bonchev–Trinajstić information content (AvgIpc) is 2.65. The highest BCUT2D eigenvalue weighted by atomic mass is 32.2. The van der Waals surface area contributed by atoms with Gasteiger partial charge in [-0.15, -0.1) is 23.5 Å². The fourth-order valence-corrected chi connectivity index (χ4v) is 5.07. The number of benzene rings is 2. The lowest BCUT2D eigenvalue weighted by atomic mass is 10.2. The first kappa shape index (κ1) is 18.8. The summed E-state index contributed by atoms with van der Waals surface area (Å²) in [6.45, 7) is 4.06. The Morgan fingerprint density at radius 2 is 1.08 bits per heavy atom. The Morgan fingerprint density at radius 3 is 1.60 bits per heavy atom. The Hall–Kier alpha value is -0.940. The van der Waals surface area contributed by atoms with Crippen LogP contribution in [0.1, 0.15) is 30.4 Å². The van der Waals surface area contributed by atoms with Crippen LogP contribution in [0.25, 0.3) is 0 Å². The smallest absolute Gasteiger partial charge is 0.0216 e. The Balaban J connectivity index is 1.59. The zero-order valence-electron chi connectivity index (χ0n) is 14.8. The van der Waals surface area contributed by atoms with Crippen molar-refractivity contribution >= 4 is 23.5 Å². The van der Waals surface area contributed by atoms with E-state index in [4.69, 9.17) is 0 Å². The molecule has 0 saturated heterocycles. The molecule has 3 rings (SSSR count). The average molecular weight is 373 g/mol. The minimum Gasteiger partial charge on any atom is -0.313 e. The van der Waals surface area contributed by atoms with Crippen LogP contribution in [0.15, 0.2) is 58.3 Å². The molecule has 2 N–H and O–H groups in total. The van der Waals surface area contributed by atoms with Gasteiger partial charge in [-0.1, -0.05) is 36.4 Å². The van der Waals surface area contributed by atoms with Crippen molar-refractivity contribution in [3.8, 4) is 0 Å². The normalized spacial score (nSPS) is 17.9. The van der Waals surface area contributed by atoms with E-state index in [1.807, 2.05) is 23.5 Å². The quantitative estimate of drug-likeness (QED) is 0.684. The molecule has 2 aromatic rings. The summed E-state index contributed by atoms with van der Waals surface area (Å²) in [5.41, 5.74) is 2.87. The van der Waals surface area contributed by atoms with Gasteiger partial charge in [0.2, 0.25) is 0 Å². The topological polar surface area (TPSA) is 24.1 Å². The zero-order valence-corrected chi connectivity index (χ0v) is 16.4. The molecule has 0 aromatic heterocycles. The van der Waals surface area contributed by atoms with Crippen molar-refractivity contribution in [2.45, 2.75) is 42.1 Å². The van der Waals surface area contributed by atoms with Crippen LogP contribution < -0.4 is 10.6 Å². The summed E-state index contributed by atoms with van der Waals surface area (Å²) in [6, 6.07) is 17.7. The zero-order chi connectivity index (χ0) is 17.2. The molecule has 2 aromatic carbocycles.